The molecule has 4 N–H and O–H groups in total. The molecule has 7 heteroatoms. The molecule has 0 aliphatic heterocycles. The summed E-state index contributed by atoms with van der Waals surface area (Å²) in [6, 6.07) is 1.31. The summed E-state index contributed by atoms with van der Waals surface area (Å²) < 4.78 is 0. The summed E-state index contributed by atoms with van der Waals surface area (Å²) in [5, 5.41) is 25.5. The van der Waals surface area contributed by atoms with Crippen molar-refractivity contribution >= 4 is 5.82 Å². The van der Waals surface area contributed by atoms with Crippen LogP contribution in [-0.4, -0.2) is 26.3 Å². The van der Waals surface area contributed by atoms with Crippen molar-refractivity contribution in [1.82, 2.24) is 10.2 Å². The summed E-state index contributed by atoms with van der Waals surface area (Å²) in [6.45, 7) is 0. The van der Waals surface area contributed by atoms with E-state index in [4.69, 9.17) is 10.8 Å². The van der Waals surface area contributed by atoms with Crippen LogP contribution >= 0.6 is 0 Å². The molecule has 76 valence electrons. The fraction of sp³-hybridized carbons (Fsp3) is 0.571. The third-order valence-electron chi connectivity index (χ3n) is 2.47. The Kier molecular flexibility index (Phi) is 1.79. The lowest BCUT2D eigenvalue weighted by molar-refractivity contribution is -0.389. The highest BCUT2D eigenvalue weighted by Gasteiger charge is 2.44. The first-order valence-corrected chi connectivity index (χ1v) is 4.18. The Bertz CT molecular complexity index is 369. The monoisotopic (exact) mass is 198 g/mol. The highest BCUT2D eigenvalue weighted by atomic mass is 16.6. The van der Waals surface area contributed by atoms with Crippen LogP contribution in [0.15, 0.2) is 6.07 Å². The van der Waals surface area contributed by atoms with Gasteiger partial charge in [-0.05, 0) is 17.8 Å². The van der Waals surface area contributed by atoms with Crippen molar-refractivity contribution in [2.45, 2.75) is 24.5 Å². The van der Waals surface area contributed by atoms with Crippen molar-refractivity contribution in [2.24, 2.45) is 5.73 Å². The van der Waals surface area contributed by atoms with Gasteiger partial charge in [-0.1, -0.05) is 5.10 Å². The van der Waals surface area contributed by atoms with Crippen molar-refractivity contribution in [3.63, 3.8) is 0 Å². The van der Waals surface area contributed by atoms with E-state index in [2.05, 4.69) is 10.2 Å². The molecule has 0 radical (unpaired) electrons. The maximum atomic E-state index is 10.4. The predicted octanol–water partition coefficient (Wildman–Crippen LogP) is -0.373. The van der Waals surface area contributed by atoms with Crippen molar-refractivity contribution in [3.8, 4) is 0 Å². The normalized spacial score (nSPS) is 31.1. The molecule has 14 heavy (non-hydrogen) atoms. The van der Waals surface area contributed by atoms with Gasteiger partial charge in [0.25, 0.3) is 0 Å². The zero-order valence-corrected chi connectivity index (χ0v) is 7.30. The molecule has 0 bridgehead atoms. The molecule has 1 saturated carbocycles. The summed E-state index contributed by atoms with van der Waals surface area (Å²) >= 11 is 0. The van der Waals surface area contributed by atoms with Crippen LogP contribution in [0.3, 0.4) is 0 Å². The predicted molar refractivity (Wildman–Crippen MR) is 46.3 cm³/mol. The maximum Gasteiger partial charge on any atom is 0.342 e. The molecule has 1 aromatic heterocycles. The number of rotatable bonds is 2. The fourth-order valence-electron chi connectivity index (χ4n) is 1.65. The largest absolute Gasteiger partial charge is 0.393 e. The molecule has 0 aromatic carbocycles. The van der Waals surface area contributed by atoms with E-state index in [9.17, 15) is 10.1 Å². The van der Waals surface area contributed by atoms with Gasteiger partial charge in [0, 0.05) is 0 Å². The van der Waals surface area contributed by atoms with Crippen LogP contribution < -0.4 is 5.73 Å². The molecule has 0 saturated heterocycles. The molecule has 1 aliphatic carbocycles. The Hall–Kier alpha value is -1.47. The van der Waals surface area contributed by atoms with E-state index in [0.717, 1.165) is 0 Å². The SMILES string of the molecule is NC1(c2cc([N+](=O)[O-])[nH]n2)CC(O)C1. The van der Waals surface area contributed by atoms with Gasteiger partial charge in [0.05, 0.1) is 17.7 Å². The van der Waals surface area contributed by atoms with Crippen LogP contribution in [0, 0.1) is 10.1 Å². The number of nitrogens with one attached hydrogen (secondary N) is 1. The van der Waals surface area contributed by atoms with Gasteiger partial charge in [-0.3, -0.25) is 0 Å². The Labute approximate surface area is 79.1 Å². The Morgan fingerprint density at radius 3 is 2.86 bits per heavy atom. The molecular formula is C7H10N4O3. The van der Waals surface area contributed by atoms with E-state index in [0.29, 0.717) is 18.5 Å². The summed E-state index contributed by atoms with van der Waals surface area (Å²) in [6.07, 6.45) is 0.375. The zero-order chi connectivity index (χ0) is 10.3. The number of aliphatic hydroxyl groups excluding tert-OH is 1. The first-order chi connectivity index (χ1) is 6.51. The highest BCUT2D eigenvalue weighted by molar-refractivity contribution is 5.28. The second-order valence-electron chi connectivity index (χ2n) is 3.61. The molecule has 0 amide bonds. The number of aromatic amines is 1. The Morgan fingerprint density at radius 1 is 1.79 bits per heavy atom. The van der Waals surface area contributed by atoms with Gasteiger partial charge >= 0.3 is 5.82 Å². The van der Waals surface area contributed by atoms with E-state index in [1.54, 1.807) is 0 Å². The lowest BCUT2D eigenvalue weighted by Gasteiger charge is -2.40. The van der Waals surface area contributed by atoms with Gasteiger partial charge in [-0.25, -0.2) is 0 Å². The van der Waals surface area contributed by atoms with Crippen LogP contribution in [0.1, 0.15) is 18.5 Å². The lowest BCUT2D eigenvalue weighted by atomic mass is 9.73. The zero-order valence-electron chi connectivity index (χ0n) is 7.30. The molecule has 1 heterocycles. The van der Waals surface area contributed by atoms with E-state index >= 15 is 0 Å². The maximum absolute atomic E-state index is 10.4. The van der Waals surface area contributed by atoms with Gasteiger partial charge in [-0.2, -0.15) is 0 Å². The molecule has 0 atom stereocenters. The van der Waals surface area contributed by atoms with E-state index in [-0.39, 0.29) is 5.82 Å². The number of nitrogens with zero attached hydrogens (tertiary/aromatic N) is 2. The van der Waals surface area contributed by atoms with Crippen LogP contribution in [0.2, 0.25) is 0 Å². The molecule has 7 nitrogen and oxygen atoms in total. The molecule has 1 aliphatic rings. The summed E-state index contributed by atoms with van der Waals surface area (Å²) in [7, 11) is 0. The van der Waals surface area contributed by atoms with Crippen LogP contribution in [0.25, 0.3) is 0 Å². The van der Waals surface area contributed by atoms with Crippen molar-refractivity contribution in [2.75, 3.05) is 0 Å². The van der Waals surface area contributed by atoms with E-state index < -0.39 is 16.6 Å². The van der Waals surface area contributed by atoms with Gasteiger partial charge in [0.2, 0.25) is 0 Å². The van der Waals surface area contributed by atoms with Crippen molar-refractivity contribution < 1.29 is 10.0 Å². The van der Waals surface area contributed by atoms with Gasteiger partial charge in [0.1, 0.15) is 5.69 Å². The molecule has 0 unspecified atom stereocenters. The number of aliphatic hydroxyl groups is 1. The Morgan fingerprint density at radius 2 is 2.43 bits per heavy atom. The van der Waals surface area contributed by atoms with E-state index in [1.165, 1.54) is 6.07 Å². The number of H-pyrrole nitrogens is 1. The van der Waals surface area contributed by atoms with Gasteiger partial charge in [-0.15, -0.1) is 5.10 Å². The standard InChI is InChI=1S/C7H10N4O3/c8-7(2-4(12)3-7)5-1-6(10-9-5)11(13)14/h1,4,12H,2-3,8H2,(H,9,10). The molecule has 2 rings (SSSR count). The van der Waals surface area contributed by atoms with Gasteiger partial charge < -0.3 is 21.0 Å². The minimum Gasteiger partial charge on any atom is -0.393 e. The molecule has 0 spiro atoms. The summed E-state index contributed by atoms with van der Waals surface area (Å²) in [5.41, 5.74) is 5.60. The second kappa shape index (κ2) is 2.76. The average molecular weight is 198 g/mol. The quantitative estimate of drug-likeness (QED) is 0.442. The second-order valence-corrected chi connectivity index (χ2v) is 3.61. The number of nitro groups is 1. The number of aromatic nitrogens is 2. The Balaban J connectivity index is 2.21. The fourth-order valence-corrected chi connectivity index (χ4v) is 1.65. The minimum absolute atomic E-state index is 0.175. The minimum atomic E-state index is -0.704. The van der Waals surface area contributed by atoms with Gasteiger partial charge in [0.15, 0.2) is 0 Å². The average Bonchev–Trinajstić information content (AvgIpc) is 2.49. The number of hydrogen-bond donors (Lipinski definition) is 3. The third kappa shape index (κ3) is 1.26. The number of hydrogen-bond acceptors (Lipinski definition) is 5. The summed E-state index contributed by atoms with van der Waals surface area (Å²) in [4.78, 5) is 9.80. The van der Waals surface area contributed by atoms with Crippen molar-refractivity contribution in [1.29, 1.82) is 0 Å². The third-order valence-corrected chi connectivity index (χ3v) is 2.47. The molecule has 1 aromatic rings. The lowest BCUT2D eigenvalue weighted by Crippen LogP contribution is -2.51. The van der Waals surface area contributed by atoms with Crippen LogP contribution in [-0.2, 0) is 5.54 Å². The molecule has 1 fully saturated rings. The van der Waals surface area contributed by atoms with Crippen LogP contribution in [0.4, 0.5) is 5.82 Å². The highest BCUT2D eigenvalue weighted by Crippen LogP contribution is 2.38. The first kappa shape index (κ1) is 9.10. The summed E-state index contributed by atoms with van der Waals surface area (Å²) in [5.74, 6) is -0.175. The first-order valence-electron chi connectivity index (χ1n) is 4.18. The van der Waals surface area contributed by atoms with Crippen molar-refractivity contribution in [3.05, 3.63) is 21.9 Å². The smallest absolute Gasteiger partial charge is 0.342 e. The number of nitrogens with two attached hydrogens (primary N) is 1. The van der Waals surface area contributed by atoms with Crippen LogP contribution in [0.5, 0.6) is 0 Å². The topological polar surface area (TPSA) is 118 Å². The van der Waals surface area contributed by atoms with E-state index in [1.807, 2.05) is 0 Å². The molecular weight excluding hydrogens is 188 g/mol.